The summed E-state index contributed by atoms with van der Waals surface area (Å²) >= 11 is 0. The van der Waals surface area contributed by atoms with Crippen molar-refractivity contribution in [2.75, 3.05) is 0 Å². The van der Waals surface area contributed by atoms with Crippen molar-refractivity contribution in [1.29, 1.82) is 0 Å². The first-order chi connectivity index (χ1) is 6.33. The van der Waals surface area contributed by atoms with Crippen molar-refractivity contribution >= 4 is 25.0 Å². The summed E-state index contributed by atoms with van der Waals surface area (Å²) in [4.78, 5) is 0. The van der Waals surface area contributed by atoms with Gasteiger partial charge < -0.3 is 9.30 Å². The highest BCUT2D eigenvalue weighted by Gasteiger charge is 2.08. The zero-order valence-corrected chi connectivity index (χ0v) is 10.5. The quantitative estimate of drug-likeness (QED) is 0.651. The number of hydrogen-bond donors (Lipinski definition) is 2. The number of benzene rings is 1. The van der Waals surface area contributed by atoms with Gasteiger partial charge in [0.1, 0.15) is 0 Å². The second-order valence-electron chi connectivity index (χ2n) is 2.92. The molecule has 1 aromatic rings. The Bertz CT molecular complexity index is 247. The summed E-state index contributed by atoms with van der Waals surface area (Å²) in [6, 6.07) is 10.0. The molecule has 13 heavy (non-hydrogen) atoms. The van der Waals surface area contributed by atoms with Gasteiger partial charge in [-0.25, -0.2) is 0 Å². The second kappa shape index (κ2) is 5.87. The highest BCUT2D eigenvalue weighted by atomic mass is 28.4. The summed E-state index contributed by atoms with van der Waals surface area (Å²) in [7, 11) is -0.288. The van der Waals surface area contributed by atoms with E-state index in [0.717, 1.165) is 0 Å². The van der Waals surface area contributed by atoms with Gasteiger partial charge in [-0.05, 0) is 12.1 Å². The molecular weight excluding hydrogens is 192 g/mol. The SMILES string of the molecule is C=Cc1ccccc1.C[SiH]1N[SiH2]N1. The van der Waals surface area contributed by atoms with E-state index in [1.165, 1.54) is 5.56 Å². The van der Waals surface area contributed by atoms with Crippen LogP contribution in [-0.2, 0) is 0 Å². The van der Waals surface area contributed by atoms with Gasteiger partial charge in [-0.1, -0.05) is 43.0 Å². The van der Waals surface area contributed by atoms with E-state index in [1.807, 2.05) is 36.4 Å². The maximum atomic E-state index is 3.63. The molecule has 0 amide bonds. The van der Waals surface area contributed by atoms with Gasteiger partial charge in [0.15, 0.2) is 19.0 Å². The van der Waals surface area contributed by atoms with Crippen LogP contribution in [0.1, 0.15) is 5.56 Å². The van der Waals surface area contributed by atoms with Crippen LogP contribution in [0.25, 0.3) is 6.08 Å². The largest absolute Gasteiger partial charge is 0.344 e. The predicted molar refractivity (Wildman–Crippen MR) is 64.4 cm³/mol. The summed E-state index contributed by atoms with van der Waals surface area (Å²) in [5.74, 6) is 0. The van der Waals surface area contributed by atoms with Crippen molar-refractivity contribution in [1.82, 2.24) is 9.30 Å². The smallest absolute Gasteiger partial charge is 0.169 e. The fourth-order valence-electron chi connectivity index (χ4n) is 0.895. The summed E-state index contributed by atoms with van der Waals surface area (Å²) in [6.07, 6.45) is 1.83. The molecule has 0 spiro atoms. The molecule has 1 saturated heterocycles. The van der Waals surface area contributed by atoms with Crippen LogP contribution in [0, 0.1) is 0 Å². The van der Waals surface area contributed by atoms with Gasteiger partial charge in [0.2, 0.25) is 0 Å². The molecule has 0 atom stereocenters. The third-order valence-electron chi connectivity index (χ3n) is 1.85. The van der Waals surface area contributed by atoms with Gasteiger partial charge in [-0.3, -0.25) is 0 Å². The minimum absolute atomic E-state index is 0.119. The monoisotopic (exact) mass is 208 g/mol. The van der Waals surface area contributed by atoms with Crippen LogP contribution in [0.3, 0.4) is 0 Å². The predicted octanol–water partition coefficient (Wildman–Crippen LogP) is 0.358. The van der Waals surface area contributed by atoms with Crippen LogP contribution in [0.2, 0.25) is 6.55 Å². The molecule has 0 saturated carbocycles. The van der Waals surface area contributed by atoms with Crippen LogP contribution in [0.4, 0.5) is 0 Å². The van der Waals surface area contributed by atoms with Crippen molar-refractivity contribution in [3.8, 4) is 0 Å². The number of nitrogens with one attached hydrogen (secondary N) is 2. The minimum Gasteiger partial charge on any atom is -0.344 e. The highest BCUT2D eigenvalue weighted by Crippen LogP contribution is 1.97. The Morgan fingerprint density at radius 1 is 1.31 bits per heavy atom. The van der Waals surface area contributed by atoms with Crippen molar-refractivity contribution < 1.29 is 0 Å². The summed E-state index contributed by atoms with van der Waals surface area (Å²) in [6.45, 7) is 5.89. The lowest BCUT2D eigenvalue weighted by Gasteiger charge is -2.22. The average molecular weight is 208 g/mol. The van der Waals surface area contributed by atoms with Crippen molar-refractivity contribution in [2.45, 2.75) is 6.55 Å². The molecule has 2 N–H and O–H groups in total. The van der Waals surface area contributed by atoms with E-state index in [2.05, 4.69) is 22.4 Å². The Morgan fingerprint density at radius 3 is 2.08 bits per heavy atom. The number of rotatable bonds is 1. The van der Waals surface area contributed by atoms with Crippen LogP contribution in [0.15, 0.2) is 36.9 Å². The highest BCUT2D eigenvalue weighted by molar-refractivity contribution is 6.77. The van der Waals surface area contributed by atoms with E-state index in [1.54, 1.807) is 0 Å². The molecule has 2 rings (SSSR count). The first kappa shape index (κ1) is 10.4. The molecule has 1 heterocycles. The van der Waals surface area contributed by atoms with Crippen LogP contribution in [0.5, 0.6) is 0 Å². The van der Waals surface area contributed by atoms with Crippen molar-refractivity contribution in [2.24, 2.45) is 0 Å². The molecule has 0 bridgehead atoms. The zero-order chi connectivity index (χ0) is 9.52. The Kier molecular flexibility index (Phi) is 4.70. The molecule has 1 aromatic carbocycles. The molecule has 0 aliphatic carbocycles. The molecule has 1 aliphatic heterocycles. The van der Waals surface area contributed by atoms with E-state index in [0.29, 0.717) is 0 Å². The molecule has 1 aliphatic rings. The van der Waals surface area contributed by atoms with Crippen molar-refractivity contribution in [3.05, 3.63) is 42.5 Å². The third-order valence-corrected chi connectivity index (χ3v) is 8.38. The van der Waals surface area contributed by atoms with E-state index in [9.17, 15) is 0 Å². The lowest BCUT2D eigenvalue weighted by molar-refractivity contribution is 1.22. The molecule has 0 aromatic heterocycles. The molecule has 2 nitrogen and oxygen atoms in total. The van der Waals surface area contributed by atoms with E-state index in [-0.39, 0.29) is 9.84 Å². The summed E-state index contributed by atoms with van der Waals surface area (Å²) in [5, 5.41) is 0. The third kappa shape index (κ3) is 4.18. The van der Waals surface area contributed by atoms with E-state index in [4.69, 9.17) is 0 Å². The summed E-state index contributed by atoms with van der Waals surface area (Å²) in [5.41, 5.74) is 1.17. The molecule has 70 valence electrons. The zero-order valence-electron chi connectivity index (χ0n) is 7.96. The van der Waals surface area contributed by atoms with Crippen molar-refractivity contribution in [3.63, 3.8) is 0 Å². The topological polar surface area (TPSA) is 24.1 Å². The standard InChI is InChI=1S/C8H8.CH8N2Si2/c1-2-8-6-4-3-5-7-8;1-5-2-4-3-5/h2-7H,1H2;2-3,5H,4H2,1H3. The Hall–Kier alpha value is -0.686. The Labute approximate surface area is 83.8 Å². The van der Waals surface area contributed by atoms with Gasteiger partial charge >= 0.3 is 0 Å². The second-order valence-corrected chi connectivity index (χ2v) is 7.98. The summed E-state index contributed by atoms with van der Waals surface area (Å²) < 4.78 is 6.75. The van der Waals surface area contributed by atoms with Crippen LogP contribution >= 0.6 is 0 Å². The molecule has 4 heteroatoms. The maximum Gasteiger partial charge on any atom is 0.169 e. The number of hydrogen-bond acceptors (Lipinski definition) is 2. The normalized spacial score (nSPS) is 21.2. The Morgan fingerprint density at radius 2 is 1.85 bits per heavy atom. The fraction of sp³-hybridized carbons (Fsp3) is 0.111. The van der Waals surface area contributed by atoms with Gasteiger partial charge in [-0.2, -0.15) is 0 Å². The lowest BCUT2D eigenvalue weighted by atomic mass is 10.2. The van der Waals surface area contributed by atoms with Crippen LogP contribution in [-0.4, -0.2) is 19.0 Å². The molecule has 0 unspecified atom stereocenters. The molecule has 1 fully saturated rings. The minimum atomic E-state index is -0.407. The van der Waals surface area contributed by atoms with E-state index >= 15 is 0 Å². The lowest BCUT2D eigenvalue weighted by Crippen LogP contribution is -2.64. The average Bonchev–Trinajstić information content (AvgIpc) is 2.17. The van der Waals surface area contributed by atoms with Gasteiger partial charge in [0.05, 0.1) is 0 Å². The van der Waals surface area contributed by atoms with Gasteiger partial charge in [0, 0.05) is 0 Å². The molecular formula is C9H16N2Si2. The maximum absolute atomic E-state index is 3.63. The first-order valence-corrected chi connectivity index (χ1v) is 8.19. The van der Waals surface area contributed by atoms with Gasteiger partial charge in [0.25, 0.3) is 0 Å². The molecule has 0 radical (unpaired) electrons. The van der Waals surface area contributed by atoms with Gasteiger partial charge in [-0.15, -0.1) is 0 Å². The van der Waals surface area contributed by atoms with Crippen LogP contribution < -0.4 is 9.30 Å². The van der Waals surface area contributed by atoms with E-state index < -0.39 is 9.12 Å². The first-order valence-electron chi connectivity index (χ1n) is 4.47. The Balaban J connectivity index is 0.000000145. The fourth-order valence-corrected chi connectivity index (χ4v) is 3.34.